The van der Waals surface area contributed by atoms with Gasteiger partial charge < -0.3 is 10.3 Å². The fourth-order valence-electron chi connectivity index (χ4n) is 1.11. The number of halogens is 3. The molecule has 2 heterocycles. The monoisotopic (exact) mass is 218 g/mol. The molecular weight excluding hydrogens is 213 g/mol. The Morgan fingerprint density at radius 3 is 2.67 bits per heavy atom. The molecule has 3 N–H and O–H groups in total. The molecule has 0 aliphatic rings. The molecule has 0 aliphatic heterocycles. The highest BCUT2D eigenvalue weighted by Gasteiger charge is 2.36. The summed E-state index contributed by atoms with van der Waals surface area (Å²) in [5, 5.41) is 8.54. The number of H-pyrrole nitrogens is 1. The van der Waals surface area contributed by atoms with Crippen LogP contribution < -0.4 is 5.73 Å². The van der Waals surface area contributed by atoms with Crippen LogP contribution in [0.15, 0.2) is 16.8 Å². The Morgan fingerprint density at radius 2 is 2.13 bits per heavy atom. The Kier molecular flexibility index (Phi) is 1.92. The van der Waals surface area contributed by atoms with Gasteiger partial charge in [0.2, 0.25) is 5.88 Å². The molecule has 2 aromatic heterocycles. The number of nitrogens with zero attached hydrogens (tertiary/aromatic N) is 2. The first-order valence-corrected chi connectivity index (χ1v) is 3.81. The summed E-state index contributed by atoms with van der Waals surface area (Å²) in [5.74, 6) is -0.0562. The lowest BCUT2D eigenvalue weighted by molar-refractivity contribution is -0.140. The zero-order valence-corrected chi connectivity index (χ0v) is 7.17. The van der Waals surface area contributed by atoms with Gasteiger partial charge >= 0.3 is 6.18 Å². The number of rotatable bonds is 1. The average molecular weight is 218 g/mol. The largest absolute Gasteiger partial charge is 0.433 e. The maximum absolute atomic E-state index is 12.4. The lowest BCUT2D eigenvalue weighted by Crippen LogP contribution is -2.07. The van der Waals surface area contributed by atoms with E-state index in [1.807, 2.05) is 5.10 Å². The SMILES string of the molecule is Nc1cc(-c2cn[nH]c2C(F)(F)F)no1. The molecule has 0 atom stereocenters. The summed E-state index contributed by atoms with van der Waals surface area (Å²) in [6.07, 6.45) is -3.50. The molecule has 0 spiro atoms. The Labute approximate surface area is 81.1 Å². The van der Waals surface area contributed by atoms with E-state index in [0.29, 0.717) is 0 Å². The van der Waals surface area contributed by atoms with E-state index in [1.165, 1.54) is 6.07 Å². The topological polar surface area (TPSA) is 80.7 Å². The van der Waals surface area contributed by atoms with Crippen molar-refractivity contribution in [3.63, 3.8) is 0 Å². The van der Waals surface area contributed by atoms with Gasteiger partial charge in [-0.25, -0.2) is 0 Å². The molecule has 0 unspecified atom stereocenters. The lowest BCUT2D eigenvalue weighted by atomic mass is 10.2. The van der Waals surface area contributed by atoms with Crippen LogP contribution in [0.2, 0.25) is 0 Å². The van der Waals surface area contributed by atoms with Crippen molar-refractivity contribution < 1.29 is 17.7 Å². The van der Waals surface area contributed by atoms with E-state index in [0.717, 1.165) is 6.20 Å². The Bertz CT molecular complexity index is 473. The first-order chi connectivity index (χ1) is 6.98. The number of aromatic nitrogens is 3. The fourth-order valence-corrected chi connectivity index (χ4v) is 1.11. The average Bonchev–Trinajstić information content (AvgIpc) is 2.68. The Hall–Kier alpha value is -1.99. The van der Waals surface area contributed by atoms with E-state index < -0.39 is 11.9 Å². The molecule has 2 aromatic rings. The number of aromatic amines is 1. The van der Waals surface area contributed by atoms with Crippen LogP contribution in [0.3, 0.4) is 0 Å². The number of anilines is 1. The molecule has 0 amide bonds. The van der Waals surface area contributed by atoms with E-state index >= 15 is 0 Å². The minimum absolute atomic E-state index is 0.00595. The molecule has 0 saturated heterocycles. The van der Waals surface area contributed by atoms with Crippen LogP contribution >= 0.6 is 0 Å². The molecule has 5 nitrogen and oxygen atoms in total. The molecule has 0 saturated carbocycles. The minimum atomic E-state index is -4.51. The molecule has 2 rings (SSSR count). The summed E-state index contributed by atoms with van der Waals surface area (Å²) in [4.78, 5) is 0. The molecule has 0 bridgehead atoms. The van der Waals surface area contributed by atoms with Gasteiger partial charge in [-0.05, 0) is 0 Å². The summed E-state index contributed by atoms with van der Waals surface area (Å²) in [6.45, 7) is 0. The number of hydrogen-bond donors (Lipinski definition) is 2. The third kappa shape index (κ3) is 1.65. The molecule has 0 aliphatic carbocycles. The summed E-state index contributed by atoms with van der Waals surface area (Å²) < 4.78 is 41.7. The summed E-state index contributed by atoms with van der Waals surface area (Å²) in [5.41, 5.74) is 4.03. The van der Waals surface area contributed by atoms with Crippen molar-refractivity contribution in [2.45, 2.75) is 6.18 Å². The van der Waals surface area contributed by atoms with Crippen molar-refractivity contribution in [2.75, 3.05) is 5.73 Å². The second-order valence-electron chi connectivity index (χ2n) is 2.77. The minimum Gasteiger partial charge on any atom is -0.368 e. The van der Waals surface area contributed by atoms with Crippen molar-refractivity contribution in [3.8, 4) is 11.3 Å². The first-order valence-electron chi connectivity index (χ1n) is 3.81. The van der Waals surface area contributed by atoms with Crippen LogP contribution in [0.1, 0.15) is 5.69 Å². The van der Waals surface area contributed by atoms with Crippen molar-refractivity contribution in [2.24, 2.45) is 0 Å². The van der Waals surface area contributed by atoms with Gasteiger partial charge in [0.15, 0.2) is 0 Å². The van der Waals surface area contributed by atoms with Gasteiger partial charge in [-0.2, -0.15) is 18.3 Å². The second kappa shape index (κ2) is 3.01. The standard InChI is InChI=1S/C7H5F3N4O/c8-7(9,10)6-3(2-12-13-6)4-1-5(11)15-14-4/h1-2H,11H2,(H,12,13). The predicted molar refractivity (Wildman–Crippen MR) is 43.5 cm³/mol. The first kappa shape index (κ1) is 9.56. The van der Waals surface area contributed by atoms with E-state index in [9.17, 15) is 13.2 Å². The molecule has 0 radical (unpaired) electrons. The van der Waals surface area contributed by atoms with Crippen LogP contribution in [-0.4, -0.2) is 15.4 Å². The highest BCUT2D eigenvalue weighted by atomic mass is 19.4. The highest BCUT2D eigenvalue weighted by molar-refractivity contribution is 5.63. The number of alkyl halides is 3. The van der Waals surface area contributed by atoms with Gasteiger partial charge in [-0.1, -0.05) is 5.16 Å². The van der Waals surface area contributed by atoms with Crippen molar-refractivity contribution >= 4 is 5.88 Å². The quantitative estimate of drug-likeness (QED) is 0.762. The van der Waals surface area contributed by atoms with Gasteiger partial charge in [0.05, 0.1) is 11.8 Å². The third-order valence-electron chi connectivity index (χ3n) is 1.73. The molecule has 80 valence electrons. The van der Waals surface area contributed by atoms with Gasteiger partial charge in [-0.15, -0.1) is 0 Å². The van der Waals surface area contributed by atoms with Crippen molar-refractivity contribution in [1.29, 1.82) is 0 Å². The van der Waals surface area contributed by atoms with E-state index in [4.69, 9.17) is 5.73 Å². The third-order valence-corrected chi connectivity index (χ3v) is 1.73. The van der Waals surface area contributed by atoms with Gasteiger partial charge in [0, 0.05) is 6.07 Å². The van der Waals surface area contributed by atoms with E-state index in [1.54, 1.807) is 0 Å². The van der Waals surface area contributed by atoms with Crippen LogP contribution in [0.5, 0.6) is 0 Å². The van der Waals surface area contributed by atoms with Crippen molar-refractivity contribution in [3.05, 3.63) is 18.0 Å². The van der Waals surface area contributed by atoms with Gasteiger partial charge in [0.1, 0.15) is 11.4 Å². The summed E-state index contributed by atoms with van der Waals surface area (Å²) in [7, 11) is 0. The van der Waals surface area contributed by atoms with Gasteiger partial charge in [-0.3, -0.25) is 5.10 Å². The Balaban J connectivity index is 2.50. The Morgan fingerprint density at radius 1 is 1.40 bits per heavy atom. The summed E-state index contributed by atoms with van der Waals surface area (Å²) >= 11 is 0. The van der Waals surface area contributed by atoms with E-state index in [2.05, 4.69) is 14.8 Å². The predicted octanol–water partition coefficient (Wildman–Crippen LogP) is 1.67. The molecular formula is C7H5F3N4O. The lowest BCUT2D eigenvalue weighted by Gasteiger charge is -2.03. The van der Waals surface area contributed by atoms with Gasteiger partial charge in [0.25, 0.3) is 0 Å². The molecule has 0 fully saturated rings. The molecule has 8 heteroatoms. The van der Waals surface area contributed by atoms with Crippen LogP contribution in [0, 0.1) is 0 Å². The fraction of sp³-hybridized carbons (Fsp3) is 0.143. The molecule has 0 aromatic carbocycles. The highest BCUT2D eigenvalue weighted by Crippen LogP contribution is 2.35. The summed E-state index contributed by atoms with van der Waals surface area (Å²) in [6, 6.07) is 1.19. The number of hydrogen-bond acceptors (Lipinski definition) is 4. The normalized spacial score (nSPS) is 11.9. The van der Waals surface area contributed by atoms with Crippen LogP contribution in [-0.2, 0) is 6.18 Å². The zero-order chi connectivity index (χ0) is 11.1. The maximum Gasteiger partial charge on any atom is 0.433 e. The second-order valence-corrected chi connectivity index (χ2v) is 2.77. The number of nitrogens with one attached hydrogen (secondary N) is 1. The van der Waals surface area contributed by atoms with E-state index in [-0.39, 0.29) is 17.1 Å². The number of nitrogens with two attached hydrogens (primary N) is 1. The molecule has 15 heavy (non-hydrogen) atoms. The maximum atomic E-state index is 12.4. The zero-order valence-electron chi connectivity index (χ0n) is 7.17. The smallest absolute Gasteiger partial charge is 0.368 e. The van der Waals surface area contributed by atoms with Crippen molar-refractivity contribution in [1.82, 2.24) is 15.4 Å². The van der Waals surface area contributed by atoms with Crippen LogP contribution in [0.4, 0.5) is 19.1 Å². The van der Waals surface area contributed by atoms with Crippen LogP contribution in [0.25, 0.3) is 11.3 Å². The number of nitrogen functional groups attached to an aromatic ring is 1.